The number of aromatic nitrogens is 2. The van der Waals surface area contributed by atoms with E-state index in [2.05, 4.69) is 47.5 Å². The van der Waals surface area contributed by atoms with Crippen LogP contribution in [0.1, 0.15) is 62.1 Å². The van der Waals surface area contributed by atoms with Crippen LogP contribution in [0, 0.1) is 5.92 Å². The van der Waals surface area contributed by atoms with Gasteiger partial charge in [0.15, 0.2) is 0 Å². The Balaban J connectivity index is 1.40. The quantitative estimate of drug-likeness (QED) is 0.773. The summed E-state index contributed by atoms with van der Waals surface area (Å²) in [6.45, 7) is 3.42. The standard InChI is InChI=1S/C24H33N3O3/c1-17-14-21(22-12-13-25-26-22)23(27(15-17)24(28)29-2)16-30-20-10-8-19(9-11-20)18-6-4-3-5-7-18/h3-7,12-13,17,19-21,23H,8-11,14-16H2,1-2H3,(H,25,26)/t17-,19?,20?,21-,23-/m0/s1. The van der Waals surface area contributed by atoms with E-state index in [1.807, 2.05) is 11.0 Å². The smallest absolute Gasteiger partial charge is 0.409 e. The molecule has 0 bridgehead atoms. The molecule has 3 atom stereocenters. The second-order valence-corrected chi connectivity index (χ2v) is 8.87. The Hall–Kier alpha value is -2.34. The number of nitrogens with zero attached hydrogens (tertiary/aromatic N) is 2. The maximum absolute atomic E-state index is 12.5. The molecule has 1 aliphatic heterocycles. The Morgan fingerprint density at radius 3 is 2.60 bits per heavy atom. The minimum atomic E-state index is -0.271. The molecular weight excluding hydrogens is 378 g/mol. The van der Waals surface area contributed by atoms with Crippen molar-refractivity contribution in [2.75, 3.05) is 20.3 Å². The monoisotopic (exact) mass is 411 g/mol. The number of carbonyl (C=O) groups is 1. The third-order valence-corrected chi connectivity index (χ3v) is 6.81. The van der Waals surface area contributed by atoms with Gasteiger partial charge in [0.2, 0.25) is 0 Å². The number of likely N-dealkylation sites (tertiary alicyclic amines) is 1. The summed E-state index contributed by atoms with van der Waals surface area (Å²) in [6.07, 6.45) is 7.20. The number of nitrogens with one attached hydrogen (secondary N) is 1. The summed E-state index contributed by atoms with van der Waals surface area (Å²) in [5.74, 6) is 1.21. The first-order valence-corrected chi connectivity index (χ1v) is 11.2. The van der Waals surface area contributed by atoms with Crippen LogP contribution >= 0.6 is 0 Å². The molecule has 2 aliphatic rings. The number of methoxy groups -OCH3 is 1. The number of aromatic amines is 1. The molecule has 1 aliphatic carbocycles. The normalized spacial score (nSPS) is 29.5. The average Bonchev–Trinajstić information content (AvgIpc) is 3.33. The molecular formula is C24H33N3O3. The van der Waals surface area contributed by atoms with E-state index < -0.39 is 0 Å². The number of carbonyl (C=O) groups excluding carboxylic acids is 1. The van der Waals surface area contributed by atoms with Gasteiger partial charge in [-0.2, -0.15) is 5.10 Å². The molecule has 2 fully saturated rings. The van der Waals surface area contributed by atoms with Crippen molar-refractivity contribution in [3.05, 3.63) is 53.9 Å². The minimum absolute atomic E-state index is 0.0408. The summed E-state index contributed by atoms with van der Waals surface area (Å²) in [6, 6.07) is 12.8. The summed E-state index contributed by atoms with van der Waals surface area (Å²) in [7, 11) is 1.45. The molecule has 0 unspecified atom stereocenters. The minimum Gasteiger partial charge on any atom is -0.453 e. The fourth-order valence-electron chi connectivity index (χ4n) is 5.22. The first-order chi connectivity index (χ1) is 14.7. The predicted molar refractivity (Wildman–Crippen MR) is 115 cm³/mol. The number of hydrogen-bond acceptors (Lipinski definition) is 4. The number of rotatable bonds is 5. The van der Waals surface area contributed by atoms with Crippen molar-refractivity contribution in [3.8, 4) is 0 Å². The van der Waals surface area contributed by atoms with Crippen LogP contribution in [0.2, 0.25) is 0 Å². The first-order valence-electron chi connectivity index (χ1n) is 11.2. The van der Waals surface area contributed by atoms with Crippen LogP contribution in [0.4, 0.5) is 4.79 Å². The highest BCUT2D eigenvalue weighted by molar-refractivity contribution is 5.68. The molecule has 6 heteroatoms. The van der Waals surface area contributed by atoms with Crippen molar-refractivity contribution < 1.29 is 14.3 Å². The number of ether oxygens (including phenoxy) is 2. The summed E-state index contributed by atoms with van der Waals surface area (Å²) in [5, 5.41) is 7.25. The lowest BCUT2D eigenvalue weighted by molar-refractivity contribution is -0.0303. The molecule has 1 amide bonds. The van der Waals surface area contributed by atoms with Crippen molar-refractivity contribution in [1.29, 1.82) is 0 Å². The number of piperidine rings is 1. The van der Waals surface area contributed by atoms with Gasteiger partial charge in [0.05, 0.1) is 25.9 Å². The highest BCUT2D eigenvalue weighted by Gasteiger charge is 2.40. The molecule has 162 valence electrons. The van der Waals surface area contributed by atoms with Gasteiger partial charge in [-0.25, -0.2) is 4.79 Å². The first kappa shape index (κ1) is 20.9. The van der Waals surface area contributed by atoms with Crippen LogP contribution in [-0.2, 0) is 9.47 Å². The number of benzene rings is 1. The molecule has 2 aromatic rings. The topological polar surface area (TPSA) is 67.5 Å². The van der Waals surface area contributed by atoms with Gasteiger partial charge in [0.25, 0.3) is 0 Å². The van der Waals surface area contributed by atoms with Gasteiger partial charge < -0.3 is 14.4 Å². The molecule has 6 nitrogen and oxygen atoms in total. The van der Waals surface area contributed by atoms with Crippen molar-refractivity contribution in [1.82, 2.24) is 15.1 Å². The maximum atomic E-state index is 12.5. The van der Waals surface area contributed by atoms with Crippen molar-refractivity contribution in [2.45, 2.75) is 63.0 Å². The Labute approximate surface area is 178 Å². The number of hydrogen-bond donors (Lipinski definition) is 1. The van der Waals surface area contributed by atoms with Gasteiger partial charge in [0.1, 0.15) is 0 Å². The summed E-state index contributed by atoms with van der Waals surface area (Å²) in [4.78, 5) is 14.4. The van der Waals surface area contributed by atoms with Crippen LogP contribution < -0.4 is 0 Å². The van der Waals surface area contributed by atoms with Crippen LogP contribution in [0.15, 0.2) is 42.6 Å². The zero-order valence-electron chi connectivity index (χ0n) is 18.0. The van der Waals surface area contributed by atoms with E-state index in [1.54, 1.807) is 6.20 Å². The lowest BCUT2D eigenvalue weighted by Gasteiger charge is -2.43. The van der Waals surface area contributed by atoms with E-state index in [0.717, 1.165) is 37.8 Å². The molecule has 1 saturated heterocycles. The molecule has 2 heterocycles. The van der Waals surface area contributed by atoms with E-state index in [0.29, 0.717) is 25.0 Å². The lowest BCUT2D eigenvalue weighted by Crippen LogP contribution is -2.52. The predicted octanol–water partition coefficient (Wildman–Crippen LogP) is 4.71. The molecule has 1 aromatic carbocycles. The van der Waals surface area contributed by atoms with Gasteiger partial charge in [-0.05, 0) is 55.6 Å². The largest absolute Gasteiger partial charge is 0.453 e. The van der Waals surface area contributed by atoms with E-state index in [1.165, 1.54) is 12.7 Å². The molecule has 0 spiro atoms. The summed E-state index contributed by atoms with van der Waals surface area (Å²) >= 11 is 0. The third-order valence-electron chi connectivity index (χ3n) is 6.81. The number of H-pyrrole nitrogens is 1. The Morgan fingerprint density at radius 1 is 1.17 bits per heavy atom. The lowest BCUT2D eigenvalue weighted by atomic mass is 9.81. The molecule has 1 saturated carbocycles. The molecule has 0 radical (unpaired) electrons. The third kappa shape index (κ3) is 4.69. The van der Waals surface area contributed by atoms with E-state index in [-0.39, 0.29) is 24.2 Å². The molecule has 1 aromatic heterocycles. The van der Waals surface area contributed by atoms with Gasteiger partial charge in [-0.15, -0.1) is 0 Å². The van der Waals surface area contributed by atoms with Crippen LogP contribution in [0.3, 0.4) is 0 Å². The fourth-order valence-corrected chi connectivity index (χ4v) is 5.22. The molecule has 1 N–H and O–H groups in total. The van der Waals surface area contributed by atoms with E-state index in [9.17, 15) is 4.79 Å². The molecule has 30 heavy (non-hydrogen) atoms. The highest BCUT2D eigenvalue weighted by Crippen LogP contribution is 2.37. The second-order valence-electron chi connectivity index (χ2n) is 8.87. The Kier molecular flexibility index (Phi) is 6.72. The highest BCUT2D eigenvalue weighted by atomic mass is 16.5. The zero-order chi connectivity index (χ0) is 20.9. The van der Waals surface area contributed by atoms with Crippen LogP contribution in [0.5, 0.6) is 0 Å². The number of amides is 1. The van der Waals surface area contributed by atoms with E-state index in [4.69, 9.17) is 9.47 Å². The molecule has 4 rings (SSSR count). The summed E-state index contributed by atoms with van der Waals surface area (Å²) < 4.78 is 11.5. The Bertz CT molecular complexity index is 787. The second kappa shape index (κ2) is 9.65. The van der Waals surface area contributed by atoms with Gasteiger partial charge in [-0.3, -0.25) is 5.10 Å². The zero-order valence-corrected chi connectivity index (χ0v) is 18.0. The maximum Gasteiger partial charge on any atom is 0.409 e. The van der Waals surface area contributed by atoms with Crippen molar-refractivity contribution in [2.24, 2.45) is 5.92 Å². The van der Waals surface area contributed by atoms with Gasteiger partial charge >= 0.3 is 6.09 Å². The fraction of sp³-hybridized carbons (Fsp3) is 0.583. The average molecular weight is 412 g/mol. The summed E-state index contributed by atoms with van der Waals surface area (Å²) in [5.41, 5.74) is 2.50. The van der Waals surface area contributed by atoms with Crippen molar-refractivity contribution in [3.63, 3.8) is 0 Å². The van der Waals surface area contributed by atoms with Crippen LogP contribution in [-0.4, -0.2) is 53.6 Å². The van der Waals surface area contributed by atoms with Gasteiger partial charge in [-0.1, -0.05) is 37.3 Å². The van der Waals surface area contributed by atoms with Gasteiger partial charge in [0, 0.05) is 24.4 Å². The van der Waals surface area contributed by atoms with Crippen LogP contribution in [0.25, 0.3) is 0 Å². The van der Waals surface area contributed by atoms with E-state index >= 15 is 0 Å². The van der Waals surface area contributed by atoms with Crippen molar-refractivity contribution >= 4 is 6.09 Å². The Morgan fingerprint density at radius 2 is 1.93 bits per heavy atom. The SMILES string of the molecule is COC(=O)N1C[C@@H](C)C[C@@H](c2ccn[nH]2)[C@@H]1COC1CCC(c2ccccc2)CC1.